The van der Waals surface area contributed by atoms with Gasteiger partial charge in [0, 0.05) is 38.9 Å². The van der Waals surface area contributed by atoms with E-state index < -0.39 is 0 Å². The SMILES string of the molecule is COCC(=O)N1CCC(Cc2ccc(C(=O)N3CCCC3)cc2)CC1. The normalized spacial score (nSPS) is 18.6. The molecule has 2 aliphatic rings. The van der Waals surface area contributed by atoms with Gasteiger partial charge < -0.3 is 14.5 Å². The molecule has 0 bridgehead atoms. The van der Waals surface area contributed by atoms with E-state index in [0.29, 0.717) is 5.92 Å². The fourth-order valence-corrected chi connectivity index (χ4v) is 3.82. The predicted octanol–water partition coefficient (Wildman–Crippen LogP) is 2.35. The maximum absolute atomic E-state index is 12.4. The average molecular weight is 344 g/mol. The molecule has 5 nitrogen and oxygen atoms in total. The highest BCUT2D eigenvalue weighted by Crippen LogP contribution is 2.22. The summed E-state index contributed by atoms with van der Waals surface area (Å²) in [6.07, 6.45) is 5.32. The Hall–Kier alpha value is -1.88. The zero-order valence-electron chi connectivity index (χ0n) is 15.1. The van der Waals surface area contributed by atoms with Gasteiger partial charge in [0.2, 0.25) is 5.91 Å². The van der Waals surface area contributed by atoms with Gasteiger partial charge in [-0.05, 0) is 55.7 Å². The summed E-state index contributed by atoms with van der Waals surface area (Å²) in [5.74, 6) is 0.853. The van der Waals surface area contributed by atoms with Crippen LogP contribution in [0.25, 0.3) is 0 Å². The van der Waals surface area contributed by atoms with Crippen LogP contribution in [-0.4, -0.2) is 61.5 Å². The van der Waals surface area contributed by atoms with Gasteiger partial charge in [-0.2, -0.15) is 0 Å². The van der Waals surface area contributed by atoms with Gasteiger partial charge in [0.25, 0.3) is 5.91 Å². The first-order valence-electron chi connectivity index (χ1n) is 9.32. The van der Waals surface area contributed by atoms with Gasteiger partial charge in [0.05, 0.1) is 0 Å². The fourth-order valence-electron chi connectivity index (χ4n) is 3.82. The molecular weight excluding hydrogens is 316 g/mol. The summed E-state index contributed by atoms with van der Waals surface area (Å²) in [7, 11) is 1.56. The quantitative estimate of drug-likeness (QED) is 0.824. The number of hydrogen-bond acceptors (Lipinski definition) is 3. The molecule has 2 heterocycles. The number of amides is 2. The van der Waals surface area contributed by atoms with E-state index in [0.717, 1.165) is 63.8 Å². The van der Waals surface area contributed by atoms with Crippen LogP contribution in [0, 0.1) is 5.92 Å². The molecule has 2 saturated heterocycles. The summed E-state index contributed by atoms with van der Waals surface area (Å²) >= 11 is 0. The van der Waals surface area contributed by atoms with E-state index >= 15 is 0 Å². The number of rotatable bonds is 5. The molecule has 2 aliphatic heterocycles. The van der Waals surface area contributed by atoms with Crippen molar-refractivity contribution in [1.29, 1.82) is 0 Å². The Morgan fingerprint density at radius 3 is 2.24 bits per heavy atom. The zero-order valence-corrected chi connectivity index (χ0v) is 15.1. The second-order valence-corrected chi connectivity index (χ2v) is 7.16. The third-order valence-electron chi connectivity index (χ3n) is 5.35. The Labute approximate surface area is 149 Å². The van der Waals surface area contributed by atoms with Crippen molar-refractivity contribution in [2.45, 2.75) is 32.1 Å². The van der Waals surface area contributed by atoms with Crippen molar-refractivity contribution in [1.82, 2.24) is 9.80 Å². The van der Waals surface area contributed by atoms with Crippen LogP contribution in [-0.2, 0) is 16.0 Å². The molecule has 0 aliphatic carbocycles. The van der Waals surface area contributed by atoms with E-state index in [1.807, 2.05) is 21.9 Å². The van der Waals surface area contributed by atoms with E-state index in [9.17, 15) is 9.59 Å². The highest BCUT2D eigenvalue weighted by atomic mass is 16.5. The minimum absolute atomic E-state index is 0.0886. The lowest BCUT2D eigenvalue weighted by atomic mass is 9.90. The van der Waals surface area contributed by atoms with Gasteiger partial charge in [0.1, 0.15) is 6.61 Å². The van der Waals surface area contributed by atoms with Crippen molar-refractivity contribution >= 4 is 11.8 Å². The summed E-state index contributed by atoms with van der Waals surface area (Å²) in [5.41, 5.74) is 2.07. The van der Waals surface area contributed by atoms with Gasteiger partial charge >= 0.3 is 0 Å². The van der Waals surface area contributed by atoms with Crippen LogP contribution in [0.1, 0.15) is 41.6 Å². The smallest absolute Gasteiger partial charge is 0.253 e. The Balaban J connectivity index is 1.49. The highest BCUT2D eigenvalue weighted by molar-refractivity contribution is 5.94. The molecule has 0 spiro atoms. The van der Waals surface area contributed by atoms with Crippen LogP contribution in [0.4, 0.5) is 0 Å². The summed E-state index contributed by atoms with van der Waals surface area (Å²) in [5, 5.41) is 0. The van der Waals surface area contributed by atoms with Gasteiger partial charge in [-0.1, -0.05) is 12.1 Å². The van der Waals surface area contributed by atoms with Crippen molar-refractivity contribution in [3.63, 3.8) is 0 Å². The third-order valence-corrected chi connectivity index (χ3v) is 5.35. The topological polar surface area (TPSA) is 49.9 Å². The number of piperidine rings is 1. The molecule has 2 amide bonds. The fraction of sp³-hybridized carbons (Fsp3) is 0.600. The molecule has 1 aromatic carbocycles. The summed E-state index contributed by atoms with van der Waals surface area (Å²) in [4.78, 5) is 28.1. The lowest BCUT2D eigenvalue weighted by Crippen LogP contribution is -2.40. The molecule has 0 aromatic heterocycles. The Kier molecular flexibility index (Phi) is 6.08. The minimum atomic E-state index is 0.0886. The monoisotopic (exact) mass is 344 g/mol. The molecule has 0 unspecified atom stereocenters. The van der Waals surface area contributed by atoms with E-state index in [4.69, 9.17) is 4.74 Å². The number of nitrogens with zero attached hydrogens (tertiary/aromatic N) is 2. The maximum atomic E-state index is 12.4. The van der Waals surface area contributed by atoms with E-state index in [1.165, 1.54) is 5.56 Å². The number of hydrogen-bond donors (Lipinski definition) is 0. The van der Waals surface area contributed by atoms with Gasteiger partial charge in [0.15, 0.2) is 0 Å². The number of carbonyl (C=O) groups excluding carboxylic acids is 2. The Morgan fingerprint density at radius 1 is 1.00 bits per heavy atom. The summed E-state index contributed by atoms with van der Waals surface area (Å²) < 4.78 is 4.92. The number of carbonyl (C=O) groups is 2. The molecular formula is C20H28N2O3. The lowest BCUT2D eigenvalue weighted by molar-refractivity contribution is -0.136. The number of ether oxygens (including phenoxy) is 1. The summed E-state index contributed by atoms with van der Waals surface area (Å²) in [6, 6.07) is 8.11. The zero-order chi connectivity index (χ0) is 17.6. The molecule has 0 saturated carbocycles. The molecule has 0 atom stereocenters. The van der Waals surface area contributed by atoms with Gasteiger partial charge in [-0.25, -0.2) is 0 Å². The number of benzene rings is 1. The van der Waals surface area contributed by atoms with Crippen LogP contribution in [0.3, 0.4) is 0 Å². The molecule has 2 fully saturated rings. The van der Waals surface area contributed by atoms with E-state index in [1.54, 1.807) is 7.11 Å². The molecule has 25 heavy (non-hydrogen) atoms. The molecule has 5 heteroatoms. The second-order valence-electron chi connectivity index (χ2n) is 7.16. The molecule has 1 aromatic rings. The van der Waals surface area contributed by atoms with Gasteiger partial charge in [-0.15, -0.1) is 0 Å². The maximum Gasteiger partial charge on any atom is 0.253 e. The molecule has 136 valence electrons. The van der Waals surface area contributed by atoms with Crippen molar-refractivity contribution in [2.75, 3.05) is 39.9 Å². The van der Waals surface area contributed by atoms with E-state index in [2.05, 4.69) is 12.1 Å². The van der Waals surface area contributed by atoms with E-state index in [-0.39, 0.29) is 18.4 Å². The van der Waals surface area contributed by atoms with Crippen LogP contribution in [0.15, 0.2) is 24.3 Å². The second kappa shape index (κ2) is 8.48. The minimum Gasteiger partial charge on any atom is -0.375 e. The number of likely N-dealkylation sites (tertiary alicyclic amines) is 2. The first kappa shape index (κ1) is 17.9. The van der Waals surface area contributed by atoms with Gasteiger partial charge in [-0.3, -0.25) is 9.59 Å². The summed E-state index contributed by atoms with van der Waals surface area (Å²) in [6.45, 7) is 3.59. The highest BCUT2D eigenvalue weighted by Gasteiger charge is 2.23. The number of methoxy groups -OCH3 is 1. The van der Waals surface area contributed by atoms with Crippen LogP contribution >= 0.6 is 0 Å². The predicted molar refractivity (Wildman–Crippen MR) is 96.5 cm³/mol. The van der Waals surface area contributed by atoms with Crippen LogP contribution in [0.5, 0.6) is 0 Å². The first-order chi connectivity index (χ1) is 12.2. The Morgan fingerprint density at radius 2 is 1.64 bits per heavy atom. The molecule has 0 N–H and O–H groups in total. The average Bonchev–Trinajstić information content (AvgIpc) is 3.17. The third kappa shape index (κ3) is 4.60. The standard InChI is InChI=1S/C20H28N2O3/c1-25-15-19(23)21-12-8-17(9-13-21)14-16-4-6-18(7-5-16)20(24)22-10-2-3-11-22/h4-7,17H,2-3,8-15H2,1H3. The van der Waals surface area contributed by atoms with Crippen molar-refractivity contribution in [3.8, 4) is 0 Å². The van der Waals surface area contributed by atoms with Crippen LogP contribution < -0.4 is 0 Å². The van der Waals surface area contributed by atoms with Crippen molar-refractivity contribution in [3.05, 3.63) is 35.4 Å². The largest absolute Gasteiger partial charge is 0.375 e. The van der Waals surface area contributed by atoms with Crippen LogP contribution in [0.2, 0.25) is 0 Å². The molecule has 0 radical (unpaired) electrons. The van der Waals surface area contributed by atoms with Crippen molar-refractivity contribution in [2.24, 2.45) is 5.92 Å². The first-order valence-corrected chi connectivity index (χ1v) is 9.32. The molecule has 3 rings (SSSR count). The Bertz CT molecular complexity index is 585. The lowest BCUT2D eigenvalue weighted by Gasteiger charge is -2.32. The van der Waals surface area contributed by atoms with Crippen molar-refractivity contribution < 1.29 is 14.3 Å².